The number of fused-ring (bicyclic) bond motifs is 1. The van der Waals surface area contributed by atoms with Crippen LogP contribution in [0, 0.1) is 11.3 Å². The Hall–Kier alpha value is -2.60. The molecule has 2 aromatic carbocycles. The third-order valence-electron chi connectivity index (χ3n) is 3.75. The van der Waals surface area contributed by atoms with E-state index >= 15 is 0 Å². The number of benzene rings is 2. The smallest absolute Gasteiger partial charge is 0.119 e. The van der Waals surface area contributed by atoms with Crippen LogP contribution >= 0.6 is 0 Å². The highest BCUT2D eigenvalue weighted by Crippen LogP contribution is 2.21. The summed E-state index contributed by atoms with van der Waals surface area (Å²) < 4.78 is 0. The maximum Gasteiger partial charge on any atom is 0.119 e. The fourth-order valence-electron chi connectivity index (χ4n) is 2.66. The molecule has 3 rings (SSSR count). The molecule has 0 amide bonds. The van der Waals surface area contributed by atoms with Crippen LogP contribution in [0.1, 0.15) is 17.5 Å². The molecule has 0 saturated heterocycles. The summed E-state index contributed by atoms with van der Waals surface area (Å²) in [4.78, 5) is 6.89. The van der Waals surface area contributed by atoms with E-state index in [2.05, 4.69) is 40.2 Å². The first-order chi connectivity index (χ1) is 10.4. The molecule has 0 bridgehead atoms. The fourth-order valence-corrected chi connectivity index (χ4v) is 2.66. The van der Waals surface area contributed by atoms with Crippen LogP contribution in [0.15, 0.2) is 59.6 Å². The number of hydrogen-bond acceptors (Lipinski definition) is 2. The number of nitriles is 1. The summed E-state index contributed by atoms with van der Waals surface area (Å²) in [6.45, 7) is 1.76. The summed E-state index contributed by atoms with van der Waals surface area (Å²) in [6.07, 6.45) is 1.35. The van der Waals surface area contributed by atoms with Gasteiger partial charge < -0.3 is 4.90 Å². The lowest BCUT2D eigenvalue weighted by molar-refractivity contribution is 0.389. The number of rotatable bonds is 2. The highest BCUT2D eigenvalue weighted by Gasteiger charge is 2.18. The van der Waals surface area contributed by atoms with E-state index in [1.165, 1.54) is 11.1 Å². The predicted molar refractivity (Wildman–Crippen MR) is 84.3 cm³/mol. The Kier molecular flexibility index (Phi) is 3.97. The van der Waals surface area contributed by atoms with Gasteiger partial charge in [0.1, 0.15) is 5.84 Å². The van der Waals surface area contributed by atoms with Crippen molar-refractivity contribution in [3.8, 4) is 6.07 Å². The van der Waals surface area contributed by atoms with Crippen molar-refractivity contribution < 1.29 is 0 Å². The number of hydrogen-bond donors (Lipinski definition) is 0. The first-order valence-electron chi connectivity index (χ1n) is 7.18. The molecule has 0 saturated carbocycles. The van der Waals surface area contributed by atoms with Gasteiger partial charge in [-0.05, 0) is 29.7 Å². The Morgan fingerprint density at radius 3 is 2.52 bits per heavy atom. The van der Waals surface area contributed by atoms with Crippen LogP contribution in [-0.2, 0) is 13.0 Å². The van der Waals surface area contributed by atoms with E-state index in [4.69, 9.17) is 5.26 Å². The van der Waals surface area contributed by atoms with Crippen molar-refractivity contribution in [3.05, 3.63) is 65.7 Å². The Bertz CT molecular complexity index is 683. The SMILES string of the molecule is N#CCC(=Nc1ccccc1)N1CCc2ccccc2C1. The van der Waals surface area contributed by atoms with Gasteiger partial charge in [0.2, 0.25) is 0 Å². The zero-order valence-corrected chi connectivity index (χ0v) is 11.9. The molecule has 0 atom stereocenters. The third kappa shape index (κ3) is 3.11. The van der Waals surface area contributed by atoms with Crippen LogP contribution in [0.2, 0.25) is 0 Å². The van der Waals surface area contributed by atoms with E-state index in [1.54, 1.807) is 0 Å². The predicted octanol–water partition coefficient (Wildman–Crippen LogP) is 3.69. The van der Waals surface area contributed by atoms with Gasteiger partial charge in [-0.2, -0.15) is 5.26 Å². The molecule has 0 radical (unpaired) electrons. The Balaban J connectivity index is 1.86. The molecule has 3 nitrogen and oxygen atoms in total. The lowest BCUT2D eigenvalue weighted by Gasteiger charge is -2.30. The van der Waals surface area contributed by atoms with Crippen LogP contribution in [-0.4, -0.2) is 17.3 Å². The van der Waals surface area contributed by atoms with E-state index in [0.29, 0.717) is 6.42 Å². The molecule has 1 heterocycles. The van der Waals surface area contributed by atoms with Crippen LogP contribution in [0.25, 0.3) is 0 Å². The Labute approximate surface area is 125 Å². The van der Waals surface area contributed by atoms with Gasteiger partial charge in [-0.15, -0.1) is 0 Å². The van der Waals surface area contributed by atoms with Crippen LogP contribution in [0.3, 0.4) is 0 Å². The zero-order valence-electron chi connectivity index (χ0n) is 11.9. The lowest BCUT2D eigenvalue weighted by Crippen LogP contribution is -2.35. The largest absolute Gasteiger partial charge is 0.355 e. The van der Waals surface area contributed by atoms with Crippen molar-refractivity contribution in [1.82, 2.24) is 4.90 Å². The van der Waals surface area contributed by atoms with E-state index < -0.39 is 0 Å². The van der Waals surface area contributed by atoms with Gasteiger partial charge in [0.05, 0.1) is 18.2 Å². The topological polar surface area (TPSA) is 39.4 Å². The van der Waals surface area contributed by atoms with Gasteiger partial charge in [0.25, 0.3) is 0 Å². The molecular weight excluding hydrogens is 258 g/mol. The minimum Gasteiger partial charge on any atom is -0.355 e. The molecule has 1 aliphatic rings. The standard InChI is InChI=1S/C18H17N3/c19-12-10-18(20-17-8-2-1-3-9-17)21-13-11-15-6-4-5-7-16(15)14-21/h1-9H,10-11,13-14H2. The molecular formula is C18H17N3. The Morgan fingerprint density at radius 2 is 1.76 bits per heavy atom. The van der Waals surface area contributed by atoms with E-state index in [1.807, 2.05) is 30.3 Å². The average molecular weight is 275 g/mol. The summed E-state index contributed by atoms with van der Waals surface area (Å²) >= 11 is 0. The lowest BCUT2D eigenvalue weighted by atomic mass is 10.00. The quantitative estimate of drug-likeness (QED) is 0.619. The fraction of sp³-hybridized carbons (Fsp3) is 0.222. The number of para-hydroxylation sites is 1. The molecule has 1 aliphatic heterocycles. The first kappa shape index (κ1) is 13.4. The molecule has 3 heteroatoms. The van der Waals surface area contributed by atoms with Crippen LogP contribution in [0.5, 0.6) is 0 Å². The van der Waals surface area contributed by atoms with Gasteiger partial charge >= 0.3 is 0 Å². The Morgan fingerprint density at radius 1 is 1.05 bits per heavy atom. The summed E-state index contributed by atoms with van der Waals surface area (Å²) in [6, 6.07) is 20.6. The molecule has 2 aromatic rings. The summed E-state index contributed by atoms with van der Waals surface area (Å²) in [5.74, 6) is 0.859. The molecule has 104 valence electrons. The number of nitrogens with zero attached hydrogens (tertiary/aromatic N) is 3. The molecule has 0 fully saturated rings. The van der Waals surface area contributed by atoms with Gasteiger partial charge in [0, 0.05) is 13.1 Å². The van der Waals surface area contributed by atoms with Crippen LogP contribution in [0.4, 0.5) is 5.69 Å². The summed E-state index contributed by atoms with van der Waals surface area (Å²) in [7, 11) is 0. The third-order valence-corrected chi connectivity index (χ3v) is 3.75. The van der Waals surface area contributed by atoms with Gasteiger partial charge in [-0.1, -0.05) is 42.5 Å². The monoisotopic (exact) mass is 275 g/mol. The minimum atomic E-state index is 0.344. The average Bonchev–Trinajstić information content (AvgIpc) is 2.55. The molecule has 21 heavy (non-hydrogen) atoms. The van der Waals surface area contributed by atoms with Crippen molar-refractivity contribution in [2.45, 2.75) is 19.4 Å². The van der Waals surface area contributed by atoms with Crippen molar-refractivity contribution in [2.75, 3.05) is 6.54 Å². The number of amidine groups is 1. The summed E-state index contributed by atoms with van der Waals surface area (Å²) in [5.41, 5.74) is 3.65. The summed E-state index contributed by atoms with van der Waals surface area (Å²) in [5, 5.41) is 9.08. The molecule has 0 spiro atoms. The highest BCUT2D eigenvalue weighted by atomic mass is 15.2. The molecule has 0 aliphatic carbocycles. The molecule has 0 N–H and O–H groups in total. The van der Waals surface area contributed by atoms with Gasteiger partial charge in [-0.25, -0.2) is 4.99 Å². The normalized spacial score (nSPS) is 14.4. The second-order valence-electron chi connectivity index (χ2n) is 5.14. The second-order valence-corrected chi connectivity index (χ2v) is 5.14. The van der Waals surface area contributed by atoms with Crippen molar-refractivity contribution >= 4 is 11.5 Å². The van der Waals surface area contributed by atoms with Gasteiger partial charge in [0.15, 0.2) is 0 Å². The highest BCUT2D eigenvalue weighted by molar-refractivity contribution is 5.86. The first-order valence-corrected chi connectivity index (χ1v) is 7.18. The van der Waals surface area contributed by atoms with Crippen molar-refractivity contribution in [1.29, 1.82) is 5.26 Å². The minimum absolute atomic E-state index is 0.344. The van der Waals surface area contributed by atoms with E-state index in [-0.39, 0.29) is 0 Å². The molecule has 0 aromatic heterocycles. The zero-order chi connectivity index (χ0) is 14.5. The molecule has 0 unspecified atom stereocenters. The second kappa shape index (κ2) is 6.23. The van der Waals surface area contributed by atoms with E-state index in [9.17, 15) is 0 Å². The van der Waals surface area contributed by atoms with E-state index in [0.717, 1.165) is 31.0 Å². The van der Waals surface area contributed by atoms with Gasteiger partial charge in [-0.3, -0.25) is 0 Å². The maximum absolute atomic E-state index is 9.08. The van der Waals surface area contributed by atoms with Crippen molar-refractivity contribution in [2.24, 2.45) is 4.99 Å². The van der Waals surface area contributed by atoms with Crippen LogP contribution < -0.4 is 0 Å². The maximum atomic E-state index is 9.08. The number of aliphatic imine (C=N–C) groups is 1. The van der Waals surface area contributed by atoms with Crippen molar-refractivity contribution in [3.63, 3.8) is 0 Å².